The third kappa shape index (κ3) is 7.95. The molecule has 3 heterocycles. The number of halogens is 2. The number of guanidine groups is 1. The van der Waals surface area contributed by atoms with Crippen LogP contribution in [0.25, 0.3) is 0 Å². The first-order valence-corrected chi connectivity index (χ1v) is 11.1. The summed E-state index contributed by atoms with van der Waals surface area (Å²) in [6, 6.07) is 4.11. The summed E-state index contributed by atoms with van der Waals surface area (Å²) in [4.78, 5) is 10.6. The van der Waals surface area contributed by atoms with Crippen molar-refractivity contribution in [3.63, 3.8) is 0 Å². The van der Waals surface area contributed by atoms with Crippen LogP contribution < -0.4 is 5.32 Å². The summed E-state index contributed by atoms with van der Waals surface area (Å²) in [5.41, 5.74) is 0. The SMILES string of the molecule is CN=C(NCCCOC1CCOCC1)N1CCN(Cc2ccc(Cl)s2)CC1.I. The van der Waals surface area contributed by atoms with Crippen LogP contribution >= 0.6 is 46.9 Å². The van der Waals surface area contributed by atoms with Gasteiger partial charge in [0.05, 0.1) is 10.4 Å². The van der Waals surface area contributed by atoms with Crippen LogP contribution in [0.4, 0.5) is 0 Å². The van der Waals surface area contributed by atoms with E-state index >= 15 is 0 Å². The molecule has 160 valence electrons. The molecule has 9 heteroatoms. The smallest absolute Gasteiger partial charge is 0.193 e. The van der Waals surface area contributed by atoms with E-state index in [1.54, 1.807) is 11.3 Å². The number of aliphatic imine (C=N–C) groups is 1. The summed E-state index contributed by atoms with van der Waals surface area (Å²) in [7, 11) is 1.86. The van der Waals surface area contributed by atoms with Crippen molar-refractivity contribution in [2.75, 3.05) is 59.6 Å². The molecule has 28 heavy (non-hydrogen) atoms. The Morgan fingerprint density at radius 2 is 2.04 bits per heavy atom. The largest absolute Gasteiger partial charge is 0.381 e. The Hall–Kier alpha value is -0.130. The van der Waals surface area contributed by atoms with Crippen molar-refractivity contribution in [2.24, 2.45) is 4.99 Å². The Kier molecular flexibility index (Phi) is 11.4. The first-order valence-electron chi connectivity index (χ1n) is 9.86. The molecule has 1 aromatic rings. The van der Waals surface area contributed by atoms with Gasteiger partial charge in [-0.15, -0.1) is 35.3 Å². The zero-order valence-electron chi connectivity index (χ0n) is 16.6. The summed E-state index contributed by atoms with van der Waals surface area (Å²) >= 11 is 7.70. The van der Waals surface area contributed by atoms with Gasteiger partial charge in [0.15, 0.2) is 5.96 Å². The second kappa shape index (κ2) is 13.2. The molecule has 0 saturated carbocycles. The number of hydrogen-bond acceptors (Lipinski definition) is 5. The molecule has 0 spiro atoms. The van der Waals surface area contributed by atoms with Crippen molar-refractivity contribution in [2.45, 2.75) is 31.9 Å². The van der Waals surface area contributed by atoms with E-state index in [2.05, 4.69) is 26.2 Å². The molecule has 0 aromatic carbocycles. The first kappa shape index (κ1) is 24.1. The van der Waals surface area contributed by atoms with Crippen LogP contribution in [-0.2, 0) is 16.0 Å². The van der Waals surface area contributed by atoms with Crippen molar-refractivity contribution in [1.29, 1.82) is 0 Å². The van der Waals surface area contributed by atoms with E-state index in [0.717, 1.165) is 88.6 Å². The van der Waals surface area contributed by atoms with E-state index < -0.39 is 0 Å². The molecule has 0 unspecified atom stereocenters. The van der Waals surface area contributed by atoms with Gasteiger partial charge in [-0.25, -0.2) is 0 Å². The van der Waals surface area contributed by atoms with Crippen LogP contribution in [0.2, 0.25) is 4.34 Å². The Morgan fingerprint density at radius 1 is 1.29 bits per heavy atom. The van der Waals surface area contributed by atoms with E-state index in [1.165, 1.54) is 4.88 Å². The molecule has 0 bridgehead atoms. The van der Waals surface area contributed by atoms with Crippen LogP contribution in [-0.4, -0.2) is 81.5 Å². The second-order valence-corrected chi connectivity index (χ2v) is 8.78. The van der Waals surface area contributed by atoms with Gasteiger partial charge in [-0.05, 0) is 31.4 Å². The fraction of sp³-hybridized carbons (Fsp3) is 0.737. The minimum atomic E-state index is 0. The average molecular weight is 543 g/mol. The summed E-state index contributed by atoms with van der Waals surface area (Å²) in [5, 5.41) is 3.48. The maximum Gasteiger partial charge on any atom is 0.193 e. The lowest BCUT2D eigenvalue weighted by Gasteiger charge is -2.36. The number of piperazine rings is 1. The van der Waals surface area contributed by atoms with Crippen LogP contribution in [0.1, 0.15) is 24.1 Å². The topological polar surface area (TPSA) is 49.3 Å². The Morgan fingerprint density at radius 3 is 2.68 bits per heavy atom. The maximum atomic E-state index is 6.03. The van der Waals surface area contributed by atoms with Crippen molar-refractivity contribution < 1.29 is 9.47 Å². The summed E-state index contributed by atoms with van der Waals surface area (Å²) in [6.07, 6.45) is 3.42. The number of hydrogen-bond donors (Lipinski definition) is 1. The third-order valence-corrected chi connectivity index (χ3v) is 6.23. The standard InChI is InChI=1S/C19H31ClN4O2S.HI/c1-21-19(22-7-2-12-26-16-5-13-25-14-6-16)24-10-8-23(9-11-24)15-17-3-4-18(20)27-17;/h3-4,16H,2,5-15H2,1H3,(H,21,22);1H. The fourth-order valence-electron chi connectivity index (χ4n) is 3.47. The average Bonchev–Trinajstić information content (AvgIpc) is 3.11. The molecular formula is C19H32ClIN4O2S. The molecule has 2 saturated heterocycles. The number of ether oxygens (including phenoxy) is 2. The zero-order chi connectivity index (χ0) is 18.9. The van der Waals surface area contributed by atoms with E-state index in [-0.39, 0.29) is 24.0 Å². The van der Waals surface area contributed by atoms with Gasteiger partial charge in [-0.2, -0.15) is 0 Å². The highest BCUT2D eigenvalue weighted by Gasteiger charge is 2.20. The predicted octanol–water partition coefficient (Wildman–Crippen LogP) is 3.30. The second-order valence-electron chi connectivity index (χ2n) is 6.98. The quantitative estimate of drug-likeness (QED) is 0.248. The lowest BCUT2D eigenvalue weighted by atomic mass is 10.1. The molecular weight excluding hydrogens is 511 g/mol. The van der Waals surface area contributed by atoms with Crippen molar-refractivity contribution in [3.8, 4) is 0 Å². The predicted molar refractivity (Wildman–Crippen MR) is 127 cm³/mol. The minimum absolute atomic E-state index is 0. The van der Waals surface area contributed by atoms with Crippen molar-refractivity contribution in [1.82, 2.24) is 15.1 Å². The molecule has 6 nitrogen and oxygen atoms in total. The molecule has 1 N–H and O–H groups in total. The van der Waals surface area contributed by atoms with E-state index in [4.69, 9.17) is 21.1 Å². The molecule has 2 aliphatic heterocycles. The van der Waals surface area contributed by atoms with Crippen molar-refractivity contribution >= 4 is 52.9 Å². The van der Waals surface area contributed by atoms with E-state index in [1.807, 2.05) is 13.1 Å². The van der Waals surface area contributed by atoms with E-state index in [9.17, 15) is 0 Å². The number of nitrogens with one attached hydrogen (secondary N) is 1. The maximum absolute atomic E-state index is 6.03. The van der Waals surface area contributed by atoms with Crippen LogP contribution in [0.5, 0.6) is 0 Å². The molecule has 2 aliphatic rings. The molecule has 0 radical (unpaired) electrons. The van der Waals surface area contributed by atoms with Gasteiger partial charge in [0.1, 0.15) is 0 Å². The number of thiophene rings is 1. The van der Waals surface area contributed by atoms with E-state index in [0.29, 0.717) is 6.10 Å². The van der Waals surface area contributed by atoms with Gasteiger partial charge in [0, 0.05) is 71.0 Å². The first-order chi connectivity index (χ1) is 13.2. The number of rotatable bonds is 7. The molecule has 0 amide bonds. The van der Waals surface area contributed by atoms with Gasteiger partial charge >= 0.3 is 0 Å². The van der Waals surface area contributed by atoms with Crippen molar-refractivity contribution in [3.05, 3.63) is 21.3 Å². The number of nitrogens with zero attached hydrogens (tertiary/aromatic N) is 3. The Balaban J connectivity index is 0.00000280. The lowest BCUT2D eigenvalue weighted by Crippen LogP contribution is -2.52. The normalized spacial score (nSPS) is 19.5. The van der Waals surface area contributed by atoms with Gasteiger partial charge < -0.3 is 19.7 Å². The molecule has 0 atom stereocenters. The Bertz CT molecular complexity index is 590. The highest BCUT2D eigenvalue weighted by atomic mass is 127. The van der Waals surface area contributed by atoms with Gasteiger partial charge in [-0.3, -0.25) is 9.89 Å². The van der Waals surface area contributed by atoms with Gasteiger partial charge in [0.25, 0.3) is 0 Å². The lowest BCUT2D eigenvalue weighted by molar-refractivity contribution is -0.0320. The summed E-state index contributed by atoms with van der Waals surface area (Å²) in [6.45, 7) is 8.43. The summed E-state index contributed by atoms with van der Waals surface area (Å²) < 4.78 is 12.2. The Labute approximate surface area is 194 Å². The third-order valence-electron chi connectivity index (χ3n) is 5.02. The molecule has 3 rings (SSSR count). The summed E-state index contributed by atoms with van der Waals surface area (Å²) in [5.74, 6) is 1.000. The monoisotopic (exact) mass is 542 g/mol. The van der Waals surface area contributed by atoms with Crippen LogP contribution in [0.3, 0.4) is 0 Å². The zero-order valence-corrected chi connectivity index (χ0v) is 20.5. The molecule has 1 aromatic heterocycles. The minimum Gasteiger partial charge on any atom is -0.381 e. The van der Waals surface area contributed by atoms with Crippen LogP contribution in [0, 0.1) is 0 Å². The highest BCUT2D eigenvalue weighted by Crippen LogP contribution is 2.23. The van der Waals surface area contributed by atoms with Crippen LogP contribution in [0.15, 0.2) is 17.1 Å². The van der Waals surface area contributed by atoms with Gasteiger partial charge in [-0.1, -0.05) is 11.6 Å². The molecule has 2 fully saturated rings. The highest BCUT2D eigenvalue weighted by molar-refractivity contribution is 14.0. The molecule has 0 aliphatic carbocycles. The fourth-order valence-corrected chi connectivity index (χ4v) is 4.60. The van der Waals surface area contributed by atoms with Gasteiger partial charge in [0.2, 0.25) is 0 Å².